The molecule has 0 fully saturated rings. The first-order valence-corrected chi connectivity index (χ1v) is 19.5. The maximum atomic E-state index is 5.51. The number of rotatable bonds is 4. The van der Waals surface area contributed by atoms with E-state index in [9.17, 15) is 0 Å². The number of benzene rings is 8. The molecule has 0 aliphatic heterocycles. The average Bonchev–Trinajstić information content (AvgIpc) is 3.55. The lowest BCUT2D eigenvalue weighted by molar-refractivity contribution is 1.31. The van der Waals surface area contributed by atoms with Crippen LogP contribution in [-0.4, -0.2) is 9.97 Å². The van der Waals surface area contributed by atoms with Gasteiger partial charge >= 0.3 is 0 Å². The SMILES string of the molecule is Cc1cc(C)c(-c2ccc3c4ccc(-c5c(C)cccc5C)cc4c4nc(-c5cccc(-c6ccc7sc8ccccc8c7c6)c5)cnc4c3c2)c(C)c1. The van der Waals surface area contributed by atoms with Crippen LogP contribution in [0.1, 0.15) is 27.8 Å². The lowest BCUT2D eigenvalue weighted by atomic mass is 9.89. The summed E-state index contributed by atoms with van der Waals surface area (Å²) in [6, 6.07) is 49.2. The molecule has 3 heteroatoms. The minimum atomic E-state index is 0.867. The van der Waals surface area contributed by atoms with Crippen LogP contribution in [0.5, 0.6) is 0 Å². The molecule has 2 aromatic heterocycles. The zero-order chi connectivity index (χ0) is 36.7. The van der Waals surface area contributed by atoms with E-state index in [1.54, 1.807) is 0 Å². The third-order valence-corrected chi connectivity index (χ3v) is 12.4. The third kappa shape index (κ3) is 5.22. The molecule has 0 spiro atoms. The third-order valence-electron chi connectivity index (χ3n) is 11.2. The van der Waals surface area contributed by atoms with Crippen molar-refractivity contribution in [3.05, 3.63) is 167 Å². The second-order valence-corrected chi connectivity index (χ2v) is 16.0. The maximum Gasteiger partial charge on any atom is 0.0979 e. The fourth-order valence-electron chi connectivity index (χ4n) is 8.84. The van der Waals surface area contributed by atoms with Crippen LogP contribution in [-0.2, 0) is 0 Å². The van der Waals surface area contributed by atoms with E-state index in [1.807, 2.05) is 17.5 Å². The largest absolute Gasteiger partial charge is 0.252 e. The molecule has 8 aromatic carbocycles. The average molecular weight is 711 g/mol. The molecule has 10 aromatic rings. The van der Waals surface area contributed by atoms with Crippen molar-refractivity contribution in [3.8, 4) is 44.6 Å². The van der Waals surface area contributed by atoms with E-state index in [-0.39, 0.29) is 0 Å². The standard InChI is InChI=1S/C51H38N2S/c1-29-22-32(4)49(33(5)23-29)38-17-19-39-40-20-16-37(48-30(2)10-8-11-31(48)3)27-44(40)51-50(43(39)26-38)52-28-45(53-51)36-13-9-12-34(24-36)35-18-21-47-42(25-35)41-14-6-7-15-46(41)54-47/h6-28H,1-5H3. The Hall–Kier alpha value is -6.16. The Kier molecular flexibility index (Phi) is 7.50. The van der Waals surface area contributed by atoms with E-state index in [0.717, 1.165) is 33.1 Å². The molecule has 0 atom stereocenters. The summed E-state index contributed by atoms with van der Waals surface area (Å²) in [5.74, 6) is 0. The second kappa shape index (κ2) is 12.5. The van der Waals surface area contributed by atoms with Crippen LogP contribution in [0.15, 0.2) is 140 Å². The Balaban J connectivity index is 1.19. The highest BCUT2D eigenvalue weighted by Crippen LogP contribution is 2.41. The Bertz CT molecular complexity index is 3120. The summed E-state index contributed by atoms with van der Waals surface area (Å²) in [6.45, 7) is 11.0. The molecule has 258 valence electrons. The number of thiophene rings is 1. The zero-order valence-corrected chi connectivity index (χ0v) is 31.9. The van der Waals surface area contributed by atoms with Gasteiger partial charge in [0.05, 0.1) is 22.9 Å². The van der Waals surface area contributed by atoms with Gasteiger partial charge in [0, 0.05) is 36.5 Å². The minimum Gasteiger partial charge on any atom is -0.252 e. The Labute approximate surface area is 319 Å². The van der Waals surface area contributed by atoms with Gasteiger partial charge in [0.1, 0.15) is 0 Å². The molecule has 0 saturated carbocycles. The molecule has 10 rings (SSSR count). The fraction of sp³-hybridized carbons (Fsp3) is 0.0980. The van der Waals surface area contributed by atoms with Gasteiger partial charge < -0.3 is 0 Å². The highest BCUT2D eigenvalue weighted by Gasteiger charge is 2.17. The normalized spacial score (nSPS) is 11.8. The lowest BCUT2D eigenvalue weighted by Gasteiger charge is -2.16. The van der Waals surface area contributed by atoms with E-state index < -0.39 is 0 Å². The number of nitrogens with zero attached hydrogens (tertiary/aromatic N) is 2. The Morgan fingerprint density at radius 3 is 1.70 bits per heavy atom. The van der Waals surface area contributed by atoms with Crippen LogP contribution in [0, 0.1) is 34.6 Å². The summed E-state index contributed by atoms with van der Waals surface area (Å²) in [5.41, 5.74) is 17.5. The molecule has 2 nitrogen and oxygen atoms in total. The van der Waals surface area contributed by atoms with Crippen LogP contribution in [0.3, 0.4) is 0 Å². The highest BCUT2D eigenvalue weighted by atomic mass is 32.1. The summed E-state index contributed by atoms with van der Waals surface area (Å²) in [5, 5.41) is 7.24. The number of hydrogen-bond donors (Lipinski definition) is 0. The predicted octanol–water partition coefficient (Wildman–Crippen LogP) is 14.5. The van der Waals surface area contributed by atoms with Crippen LogP contribution < -0.4 is 0 Å². The van der Waals surface area contributed by atoms with Crippen LogP contribution in [0.4, 0.5) is 0 Å². The molecular weight excluding hydrogens is 673 g/mol. The molecule has 2 heterocycles. The number of aromatic nitrogens is 2. The van der Waals surface area contributed by atoms with E-state index >= 15 is 0 Å². The van der Waals surface area contributed by atoms with Gasteiger partial charge in [-0.3, -0.25) is 4.98 Å². The van der Waals surface area contributed by atoms with Gasteiger partial charge in [-0.05, 0) is 137 Å². The van der Waals surface area contributed by atoms with E-state index in [1.165, 1.54) is 92.1 Å². The van der Waals surface area contributed by atoms with Crippen molar-refractivity contribution in [2.75, 3.05) is 0 Å². The van der Waals surface area contributed by atoms with Crippen molar-refractivity contribution in [2.45, 2.75) is 34.6 Å². The minimum absolute atomic E-state index is 0.867. The van der Waals surface area contributed by atoms with E-state index in [0.29, 0.717) is 0 Å². The van der Waals surface area contributed by atoms with Gasteiger partial charge in [0.25, 0.3) is 0 Å². The van der Waals surface area contributed by atoms with Gasteiger partial charge in [0.2, 0.25) is 0 Å². The fourth-order valence-corrected chi connectivity index (χ4v) is 9.93. The van der Waals surface area contributed by atoms with Crippen LogP contribution in [0.2, 0.25) is 0 Å². The summed E-state index contributed by atoms with van der Waals surface area (Å²) >= 11 is 1.85. The maximum absolute atomic E-state index is 5.51. The van der Waals surface area contributed by atoms with Crippen molar-refractivity contribution in [1.82, 2.24) is 9.97 Å². The van der Waals surface area contributed by atoms with Gasteiger partial charge in [-0.25, -0.2) is 4.98 Å². The molecule has 0 saturated heterocycles. The first-order valence-electron chi connectivity index (χ1n) is 18.6. The molecule has 0 aliphatic carbocycles. The summed E-state index contributed by atoms with van der Waals surface area (Å²) in [6.07, 6.45) is 1.96. The van der Waals surface area contributed by atoms with Crippen molar-refractivity contribution in [1.29, 1.82) is 0 Å². The van der Waals surface area contributed by atoms with Crippen molar-refractivity contribution < 1.29 is 0 Å². The Morgan fingerprint density at radius 1 is 0.389 bits per heavy atom. The summed E-state index contributed by atoms with van der Waals surface area (Å²) < 4.78 is 2.63. The van der Waals surface area contributed by atoms with Gasteiger partial charge in [-0.2, -0.15) is 0 Å². The summed E-state index contributed by atoms with van der Waals surface area (Å²) in [4.78, 5) is 10.8. The number of hydrogen-bond acceptors (Lipinski definition) is 3. The lowest BCUT2D eigenvalue weighted by Crippen LogP contribution is -1.95. The monoisotopic (exact) mass is 710 g/mol. The van der Waals surface area contributed by atoms with Gasteiger partial charge in [-0.15, -0.1) is 11.3 Å². The van der Waals surface area contributed by atoms with E-state index in [2.05, 4.69) is 168 Å². The van der Waals surface area contributed by atoms with Crippen LogP contribution in [0.25, 0.3) is 97.4 Å². The molecule has 0 bridgehead atoms. The number of fused-ring (bicyclic) bond motifs is 9. The van der Waals surface area contributed by atoms with Gasteiger partial charge in [-0.1, -0.05) is 103 Å². The highest BCUT2D eigenvalue weighted by molar-refractivity contribution is 7.25. The molecule has 54 heavy (non-hydrogen) atoms. The van der Waals surface area contributed by atoms with E-state index in [4.69, 9.17) is 9.97 Å². The smallest absolute Gasteiger partial charge is 0.0979 e. The van der Waals surface area contributed by atoms with Crippen molar-refractivity contribution >= 4 is 64.1 Å². The number of aryl methyl sites for hydroxylation is 5. The molecule has 0 aliphatic rings. The first kappa shape index (κ1) is 32.5. The van der Waals surface area contributed by atoms with Gasteiger partial charge in [0.15, 0.2) is 0 Å². The molecule has 0 radical (unpaired) electrons. The zero-order valence-electron chi connectivity index (χ0n) is 31.1. The topological polar surface area (TPSA) is 25.8 Å². The van der Waals surface area contributed by atoms with Crippen molar-refractivity contribution in [2.24, 2.45) is 0 Å². The first-order chi connectivity index (χ1) is 26.3. The molecule has 0 unspecified atom stereocenters. The molecular formula is C51H38N2S. The van der Waals surface area contributed by atoms with Crippen molar-refractivity contribution in [3.63, 3.8) is 0 Å². The second-order valence-electron chi connectivity index (χ2n) is 14.9. The van der Waals surface area contributed by atoms with Crippen LogP contribution >= 0.6 is 11.3 Å². The molecule has 0 amide bonds. The Morgan fingerprint density at radius 2 is 0.963 bits per heavy atom. The predicted molar refractivity (Wildman–Crippen MR) is 233 cm³/mol. The molecule has 0 N–H and O–H groups in total. The quantitative estimate of drug-likeness (QED) is 0.170. The summed E-state index contributed by atoms with van der Waals surface area (Å²) in [7, 11) is 0.